The van der Waals surface area contributed by atoms with Crippen LogP contribution in [-0.4, -0.2) is 12.5 Å². The topological polar surface area (TPSA) is 35.8 Å². The lowest BCUT2D eigenvalue weighted by Gasteiger charge is -2.18. The van der Waals surface area contributed by atoms with Gasteiger partial charge < -0.3 is 5.32 Å². The van der Waals surface area contributed by atoms with Crippen molar-refractivity contribution in [1.82, 2.24) is 0 Å². The van der Waals surface area contributed by atoms with Crippen molar-refractivity contribution in [2.45, 2.75) is 25.6 Å². The molecular formula is C11H9F5N2. The van der Waals surface area contributed by atoms with E-state index in [1.54, 1.807) is 6.07 Å². The lowest BCUT2D eigenvalue weighted by molar-refractivity contribution is -0.137. The number of halogens is 5. The maximum atomic E-state index is 12.7. The second kappa shape index (κ2) is 5.21. The second-order valence-corrected chi connectivity index (χ2v) is 3.64. The van der Waals surface area contributed by atoms with Crippen LogP contribution in [0.15, 0.2) is 18.2 Å². The summed E-state index contributed by atoms with van der Waals surface area (Å²) in [7, 11) is 0. The molecule has 2 nitrogen and oxygen atoms in total. The summed E-state index contributed by atoms with van der Waals surface area (Å²) in [5, 5.41) is 10.6. The van der Waals surface area contributed by atoms with Crippen LogP contribution in [0.4, 0.5) is 27.6 Å². The van der Waals surface area contributed by atoms with Crippen LogP contribution in [0.3, 0.4) is 0 Å². The van der Waals surface area contributed by atoms with Crippen molar-refractivity contribution in [3.63, 3.8) is 0 Å². The number of anilines is 1. The fraction of sp³-hybridized carbons (Fsp3) is 0.364. The molecule has 1 aromatic carbocycles. The summed E-state index contributed by atoms with van der Waals surface area (Å²) in [5.41, 5.74) is -1.78. The molecule has 0 aliphatic rings. The van der Waals surface area contributed by atoms with E-state index in [4.69, 9.17) is 5.26 Å². The summed E-state index contributed by atoms with van der Waals surface area (Å²) in [4.78, 5) is 0. The largest absolute Gasteiger partial charge is 0.418 e. The Morgan fingerprint density at radius 3 is 2.33 bits per heavy atom. The summed E-state index contributed by atoms with van der Waals surface area (Å²) in [6.07, 6.45) is -7.50. The Bertz CT molecular complexity index is 461. The lowest BCUT2D eigenvalue weighted by atomic mass is 10.1. The van der Waals surface area contributed by atoms with E-state index in [1.807, 2.05) is 0 Å². The van der Waals surface area contributed by atoms with E-state index in [0.29, 0.717) is 6.07 Å². The van der Waals surface area contributed by atoms with Crippen LogP contribution in [0.1, 0.15) is 18.1 Å². The van der Waals surface area contributed by atoms with Crippen LogP contribution in [0.2, 0.25) is 0 Å². The second-order valence-electron chi connectivity index (χ2n) is 3.64. The van der Waals surface area contributed by atoms with E-state index in [1.165, 1.54) is 0 Å². The molecule has 0 saturated heterocycles. The van der Waals surface area contributed by atoms with Gasteiger partial charge in [0, 0.05) is 5.69 Å². The van der Waals surface area contributed by atoms with Crippen LogP contribution >= 0.6 is 0 Å². The molecule has 0 spiro atoms. The number of hydrogen-bond acceptors (Lipinski definition) is 2. The maximum Gasteiger partial charge on any atom is 0.418 e. The molecular weight excluding hydrogens is 255 g/mol. The summed E-state index contributed by atoms with van der Waals surface area (Å²) in [6, 6.07) is 2.88. The molecule has 18 heavy (non-hydrogen) atoms. The van der Waals surface area contributed by atoms with Crippen molar-refractivity contribution in [1.29, 1.82) is 5.26 Å². The highest BCUT2D eigenvalue weighted by Gasteiger charge is 2.34. The van der Waals surface area contributed by atoms with Gasteiger partial charge >= 0.3 is 6.18 Å². The molecule has 0 aromatic heterocycles. The Morgan fingerprint density at radius 1 is 1.28 bits per heavy atom. The third-order valence-corrected chi connectivity index (χ3v) is 2.22. The van der Waals surface area contributed by atoms with Gasteiger partial charge in [0.1, 0.15) is 0 Å². The summed E-state index contributed by atoms with van der Waals surface area (Å²) >= 11 is 0. The van der Waals surface area contributed by atoms with E-state index < -0.39 is 29.9 Å². The standard InChI is InChI=1S/C11H9F5N2/c1-6(10(12)13)18-9-3-2-7(5-17)4-8(9)11(14,15)16/h2-4,6,10,18H,1H3. The number of alkyl halides is 5. The monoisotopic (exact) mass is 264 g/mol. The van der Waals surface area contributed by atoms with Crippen molar-refractivity contribution in [2.24, 2.45) is 0 Å². The Balaban J connectivity index is 3.16. The van der Waals surface area contributed by atoms with E-state index >= 15 is 0 Å². The molecule has 1 N–H and O–H groups in total. The predicted octanol–water partition coefficient (Wildman–Crippen LogP) is 3.64. The van der Waals surface area contributed by atoms with Gasteiger partial charge in [0.05, 0.1) is 23.2 Å². The molecule has 0 aliphatic carbocycles. The van der Waals surface area contributed by atoms with Gasteiger partial charge in [0.15, 0.2) is 0 Å². The van der Waals surface area contributed by atoms with E-state index in [-0.39, 0.29) is 5.56 Å². The molecule has 7 heteroatoms. The van der Waals surface area contributed by atoms with E-state index in [0.717, 1.165) is 19.1 Å². The molecule has 0 heterocycles. The van der Waals surface area contributed by atoms with Gasteiger partial charge in [-0.3, -0.25) is 0 Å². The van der Waals surface area contributed by atoms with Crippen molar-refractivity contribution in [3.8, 4) is 6.07 Å². The van der Waals surface area contributed by atoms with Crippen LogP contribution < -0.4 is 5.32 Å². The first-order chi connectivity index (χ1) is 8.25. The number of nitriles is 1. The maximum absolute atomic E-state index is 12.7. The molecule has 1 unspecified atom stereocenters. The van der Waals surface area contributed by atoms with Crippen molar-refractivity contribution in [3.05, 3.63) is 29.3 Å². The lowest BCUT2D eigenvalue weighted by Crippen LogP contribution is -2.25. The van der Waals surface area contributed by atoms with E-state index in [2.05, 4.69) is 5.32 Å². The van der Waals surface area contributed by atoms with Gasteiger partial charge in [0.2, 0.25) is 0 Å². The first-order valence-corrected chi connectivity index (χ1v) is 4.91. The Kier molecular flexibility index (Phi) is 4.11. The fourth-order valence-electron chi connectivity index (χ4n) is 1.28. The molecule has 0 amide bonds. The zero-order chi connectivity index (χ0) is 13.9. The summed E-state index contributed by atoms with van der Waals surface area (Å²) in [5.74, 6) is 0. The number of nitrogens with zero attached hydrogens (tertiary/aromatic N) is 1. The molecule has 1 atom stereocenters. The SMILES string of the molecule is CC(Nc1ccc(C#N)cc1C(F)(F)F)C(F)F. The average Bonchev–Trinajstić information content (AvgIpc) is 2.27. The van der Waals surface area contributed by atoms with Crippen LogP contribution in [0.25, 0.3) is 0 Å². The highest BCUT2D eigenvalue weighted by Crippen LogP contribution is 2.35. The number of benzene rings is 1. The zero-order valence-electron chi connectivity index (χ0n) is 9.22. The fourth-order valence-corrected chi connectivity index (χ4v) is 1.28. The number of rotatable bonds is 3. The minimum absolute atomic E-state index is 0.183. The quantitative estimate of drug-likeness (QED) is 0.846. The van der Waals surface area contributed by atoms with Gasteiger partial charge in [-0.1, -0.05) is 0 Å². The molecule has 98 valence electrons. The van der Waals surface area contributed by atoms with Crippen LogP contribution in [-0.2, 0) is 6.18 Å². The molecule has 0 aliphatic heterocycles. The highest BCUT2D eigenvalue weighted by molar-refractivity contribution is 5.56. The van der Waals surface area contributed by atoms with Gasteiger partial charge in [-0.15, -0.1) is 0 Å². The molecule has 0 bridgehead atoms. The molecule has 1 rings (SSSR count). The summed E-state index contributed by atoms with van der Waals surface area (Å²) < 4.78 is 62.6. The Labute approximate surface area is 100 Å². The van der Waals surface area contributed by atoms with Crippen molar-refractivity contribution in [2.75, 3.05) is 5.32 Å². The number of nitrogens with one attached hydrogen (secondary N) is 1. The Morgan fingerprint density at radius 2 is 1.89 bits per heavy atom. The Hall–Kier alpha value is -1.84. The normalized spacial score (nSPS) is 13.2. The van der Waals surface area contributed by atoms with Gasteiger partial charge in [0.25, 0.3) is 6.43 Å². The zero-order valence-corrected chi connectivity index (χ0v) is 9.22. The van der Waals surface area contributed by atoms with Crippen molar-refractivity contribution >= 4 is 5.69 Å². The third-order valence-electron chi connectivity index (χ3n) is 2.22. The summed E-state index contributed by atoms with van der Waals surface area (Å²) in [6.45, 7) is 1.07. The average molecular weight is 264 g/mol. The molecule has 1 aromatic rings. The molecule has 0 saturated carbocycles. The predicted molar refractivity (Wildman–Crippen MR) is 55.2 cm³/mol. The van der Waals surface area contributed by atoms with Gasteiger partial charge in [-0.2, -0.15) is 18.4 Å². The number of hydrogen-bond donors (Lipinski definition) is 1. The van der Waals surface area contributed by atoms with E-state index in [9.17, 15) is 22.0 Å². The van der Waals surface area contributed by atoms with Crippen LogP contribution in [0.5, 0.6) is 0 Å². The highest BCUT2D eigenvalue weighted by atomic mass is 19.4. The van der Waals surface area contributed by atoms with Crippen LogP contribution in [0, 0.1) is 11.3 Å². The molecule has 0 radical (unpaired) electrons. The smallest absolute Gasteiger partial charge is 0.376 e. The third kappa shape index (κ3) is 3.32. The van der Waals surface area contributed by atoms with Crippen molar-refractivity contribution < 1.29 is 22.0 Å². The minimum atomic E-state index is -4.71. The van der Waals surface area contributed by atoms with Gasteiger partial charge in [-0.25, -0.2) is 8.78 Å². The first-order valence-electron chi connectivity index (χ1n) is 4.91. The minimum Gasteiger partial charge on any atom is -0.376 e. The first kappa shape index (κ1) is 14.2. The molecule has 0 fully saturated rings. The van der Waals surface area contributed by atoms with Gasteiger partial charge in [-0.05, 0) is 25.1 Å².